The van der Waals surface area contributed by atoms with Crippen LogP contribution >= 0.6 is 16.3 Å². The average Bonchev–Trinajstić information content (AvgIpc) is 3.68. The van der Waals surface area contributed by atoms with Crippen molar-refractivity contribution >= 4 is 22.2 Å². The summed E-state index contributed by atoms with van der Waals surface area (Å²) in [7, 11) is -10.8. The van der Waals surface area contributed by atoms with Crippen molar-refractivity contribution in [3.63, 3.8) is 0 Å². The molecule has 2 aliphatic heterocycles. The Balaban J connectivity index is 1.13. The fraction of sp³-hybridized carbons (Fsp3) is 0.417. The van der Waals surface area contributed by atoms with Gasteiger partial charge in [-0.15, -0.1) is 5.10 Å². The van der Waals surface area contributed by atoms with Crippen LogP contribution in [0, 0.1) is 5.82 Å². The number of nitrogens with two attached hydrogens (primary N) is 1. The number of primary amides is 1. The van der Waals surface area contributed by atoms with Gasteiger partial charge in [-0.25, -0.2) is 9.07 Å². The van der Waals surface area contributed by atoms with Crippen LogP contribution in [0.4, 0.5) is 4.39 Å². The van der Waals surface area contributed by atoms with Gasteiger partial charge in [0.15, 0.2) is 24.7 Å². The quantitative estimate of drug-likeness (QED) is 0.0716. The van der Waals surface area contributed by atoms with E-state index in [1.165, 1.54) is 59.6 Å². The van der Waals surface area contributed by atoms with Gasteiger partial charge >= 0.3 is 16.3 Å². The molecule has 1 amide bonds. The van der Waals surface area contributed by atoms with Crippen molar-refractivity contribution in [3.8, 4) is 11.3 Å². The van der Waals surface area contributed by atoms with Crippen LogP contribution in [-0.4, -0.2) is 101 Å². The lowest BCUT2D eigenvalue weighted by molar-refractivity contribution is -0.765. The number of phosphoric acid groups is 2. The lowest BCUT2D eigenvalue weighted by Gasteiger charge is -2.25. The third-order valence-corrected chi connectivity index (χ3v) is 9.60. The third kappa shape index (κ3) is 7.85. The molecule has 5 rings (SSSR count). The summed E-state index contributed by atoms with van der Waals surface area (Å²) in [6.07, 6.45) is -8.03. The molecule has 0 bridgehead atoms. The highest BCUT2D eigenvalue weighted by atomic mass is 31.3. The molecule has 22 heteroatoms. The number of aliphatic hydroxyl groups excluding tert-OH is 4. The van der Waals surface area contributed by atoms with E-state index in [1.54, 1.807) is 0 Å². The molecule has 19 nitrogen and oxygen atoms in total. The van der Waals surface area contributed by atoms with Crippen molar-refractivity contribution in [3.05, 3.63) is 66.4 Å². The summed E-state index contributed by atoms with van der Waals surface area (Å²) in [6.45, 7) is -1.82. The zero-order valence-corrected chi connectivity index (χ0v) is 25.1. The fourth-order valence-electron chi connectivity index (χ4n) is 4.66. The summed E-state index contributed by atoms with van der Waals surface area (Å²) in [6, 6.07) is 8.12. The minimum Gasteiger partial charge on any atom is -0.603 e. The molecule has 1 aromatic carbocycles. The lowest BCUT2D eigenvalue weighted by atomic mass is 10.1. The first-order chi connectivity index (χ1) is 21.6. The zero-order valence-electron chi connectivity index (χ0n) is 23.3. The Bertz CT molecular complexity index is 1520. The first-order valence-electron chi connectivity index (χ1n) is 13.3. The Morgan fingerprint density at radius 1 is 0.978 bits per heavy atom. The molecule has 4 heterocycles. The minimum atomic E-state index is -5.38. The number of benzene rings is 1. The smallest absolute Gasteiger partial charge is 0.434 e. The fourth-order valence-corrected chi connectivity index (χ4v) is 6.75. The highest BCUT2D eigenvalue weighted by Gasteiger charge is 2.53. The van der Waals surface area contributed by atoms with Crippen molar-refractivity contribution in [1.82, 2.24) is 15.0 Å². The van der Waals surface area contributed by atoms with E-state index in [1.807, 2.05) is 0 Å². The van der Waals surface area contributed by atoms with Gasteiger partial charge in [0.05, 0.1) is 6.20 Å². The molecular formula is C24H29FN5O14P2+. The maximum atomic E-state index is 13.2. The predicted molar refractivity (Wildman–Crippen MR) is 144 cm³/mol. The Kier molecular flexibility index (Phi) is 10.4. The van der Waals surface area contributed by atoms with E-state index < -0.39 is 90.4 Å². The van der Waals surface area contributed by atoms with Crippen LogP contribution < -0.4 is 20.1 Å². The van der Waals surface area contributed by atoms with E-state index >= 15 is 0 Å². The number of amides is 1. The van der Waals surface area contributed by atoms with Crippen molar-refractivity contribution in [1.29, 1.82) is 0 Å². The number of carbonyl (C=O) groups excluding carboxylic acids is 1. The highest BCUT2D eigenvalue weighted by molar-refractivity contribution is 7.66. The second kappa shape index (κ2) is 13.8. The van der Waals surface area contributed by atoms with Gasteiger partial charge in [0.1, 0.15) is 60.8 Å². The lowest BCUT2D eigenvalue weighted by Crippen LogP contribution is -2.46. The Labute approximate surface area is 259 Å². The molecule has 2 fully saturated rings. The number of rotatable bonds is 12. The molecule has 46 heavy (non-hydrogen) atoms. The monoisotopic (exact) mass is 692 g/mol. The number of aromatic nitrogens is 4. The van der Waals surface area contributed by atoms with Crippen LogP contribution in [0.5, 0.6) is 0 Å². The first-order valence-corrected chi connectivity index (χ1v) is 16.3. The standard InChI is InChI=1S/C24H28FN5O14P2/c25-14-5-3-12(4-6-14)15-9-30(28-27-15)24-21(34)19(32)17(43-24)11-41-46(38,39)44-45(36,37)40-10-16-18(31)20(33)23(42-16)29-7-1-2-13(8-29)22(26)35/h1-9,16-21,23-24,31-34H,10-11H2,(H3-,26,35,36,37,38,39)/p+1/t16-,17+,18-,19+,20-,21+,23-,24+/m1/s1. The molecular weight excluding hydrogens is 663 g/mol. The number of aliphatic hydroxyl groups is 4. The van der Waals surface area contributed by atoms with Gasteiger partial charge in [-0.05, 0) is 30.3 Å². The van der Waals surface area contributed by atoms with Gasteiger partial charge in [0, 0.05) is 15.9 Å². The summed E-state index contributed by atoms with van der Waals surface area (Å²) in [5.41, 5.74) is 6.09. The Morgan fingerprint density at radius 2 is 1.59 bits per heavy atom. The van der Waals surface area contributed by atoms with Crippen molar-refractivity contribution in [2.45, 2.75) is 49.1 Å². The molecule has 0 aliphatic carbocycles. The largest absolute Gasteiger partial charge is 0.603 e. The molecule has 0 radical (unpaired) electrons. The second-order valence-electron chi connectivity index (χ2n) is 10.2. The predicted octanol–water partition coefficient (Wildman–Crippen LogP) is -3.48. The number of hydrogen-bond donors (Lipinski definition) is 7. The molecule has 8 N–H and O–H groups in total. The van der Waals surface area contributed by atoms with E-state index in [4.69, 9.17) is 19.7 Å². The number of hydrogen-bond acceptors (Lipinski definition) is 16. The summed E-state index contributed by atoms with van der Waals surface area (Å²) in [4.78, 5) is 56.3. The molecule has 0 spiro atoms. The molecule has 0 saturated carbocycles. The topological polar surface area (TPSA) is 291 Å². The van der Waals surface area contributed by atoms with E-state index in [-0.39, 0.29) is 11.3 Å². The van der Waals surface area contributed by atoms with Crippen molar-refractivity contribution in [2.75, 3.05) is 13.2 Å². The van der Waals surface area contributed by atoms with Gasteiger partial charge < -0.3 is 45.4 Å². The molecule has 2 aliphatic rings. The van der Waals surface area contributed by atoms with E-state index in [2.05, 4.69) is 19.1 Å². The van der Waals surface area contributed by atoms with Crippen LogP contribution in [-0.2, 0) is 22.8 Å². The Hall–Kier alpha value is -2.75. The Morgan fingerprint density at radius 3 is 2.22 bits per heavy atom. The number of carbonyl (C=O) groups is 1. The SMILES string of the molecule is NC(=O)c1ccc[n+]([C@@H]2O[C@H](CO[P+]([O-])(O)O[P+]([O-])(O)OC[C@@H]3O[C@H](n4cc(-c5ccc(F)cc5)nn4)[C@@H](O)[C@H]3O)[C@@H](O)[C@H]2O)c1. The van der Waals surface area contributed by atoms with Gasteiger partial charge in [-0.3, -0.25) is 4.79 Å². The van der Waals surface area contributed by atoms with E-state index in [9.17, 15) is 49.2 Å². The van der Waals surface area contributed by atoms with Gasteiger partial charge in [-0.1, -0.05) is 5.21 Å². The van der Waals surface area contributed by atoms with Crippen LogP contribution in [0.3, 0.4) is 0 Å². The van der Waals surface area contributed by atoms with Crippen LogP contribution in [0.2, 0.25) is 0 Å². The minimum absolute atomic E-state index is 0.0643. The average molecular weight is 692 g/mol. The van der Waals surface area contributed by atoms with Gasteiger partial charge in [0.2, 0.25) is 0 Å². The third-order valence-electron chi connectivity index (χ3n) is 7.00. The number of halogens is 1. The van der Waals surface area contributed by atoms with E-state index in [0.29, 0.717) is 5.56 Å². The molecule has 2 aromatic heterocycles. The molecule has 10 atom stereocenters. The van der Waals surface area contributed by atoms with Crippen LogP contribution in [0.25, 0.3) is 11.3 Å². The summed E-state index contributed by atoms with van der Waals surface area (Å²) in [5, 5.41) is 49.3. The van der Waals surface area contributed by atoms with Crippen LogP contribution in [0.15, 0.2) is 55.0 Å². The molecule has 250 valence electrons. The zero-order chi connectivity index (χ0) is 33.4. The first kappa shape index (κ1) is 34.6. The maximum absolute atomic E-state index is 13.2. The summed E-state index contributed by atoms with van der Waals surface area (Å²) < 4.78 is 40.1. The van der Waals surface area contributed by atoms with Crippen LogP contribution in [0.1, 0.15) is 22.8 Å². The number of phosphoric ester groups is 2. The number of ether oxygens (including phenoxy) is 2. The van der Waals surface area contributed by atoms with Crippen molar-refractivity contribution in [2.24, 2.45) is 5.73 Å². The molecule has 3 aromatic rings. The maximum Gasteiger partial charge on any atom is 0.434 e. The van der Waals surface area contributed by atoms with Gasteiger partial charge in [-0.2, -0.15) is 23.4 Å². The second-order valence-corrected chi connectivity index (χ2v) is 13.2. The molecule has 2 unspecified atom stereocenters. The van der Waals surface area contributed by atoms with E-state index in [0.717, 1.165) is 4.68 Å². The normalized spacial score (nSPS) is 30.6. The summed E-state index contributed by atoms with van der Waals surface area (Å²) in [5.74, 6) is -1.24. The van der Waals surface area contributed by atoms with Crippen molar-refractivity contribution < 1.29 is 76.6 Å². The molecule has 2 saturated heterocycles. The highest BCUT2D eigenvalue weighted by Crippen LogP contribution is 2.65. The van der Waals surface area contributed by atoms with Gasteiger partial charge in [0.25, 0.3) is 12.1 Å². The number of nitrogens with zero attached hydrogens (tertiary/aromatic N) is 4. The summed E-state index contributed by atoms with van der Waals surface area (Å²) >= 11 is 0. The number of pyridine rings is 1.